The van der Waals surface area contributed by atoms with E-state index >= 15 is 0 Å². The quantitative estimate of drug-likeness (QED) is 0.853. The molecule has 126 valence electrons. The van der Waals surface area contributed by atoms with E-state index in [1.807, 2.05) is 17.2 Å². The van der Waals surface area contributed by atoms with Crippen LogP contribution in [0.1, 0.15) is 41.9 Å². The van der Waals surface area contributed by atoms with Crippen molar-refractivity contribution in [3.63, 3.8) is 0 Å². The first-order valence-electron chi connectivity index (χ1n) is 8.47. The predicted octanol–water partition coefficient (Wildman–Crippen LogP) is 2.52. The maximum Gasteiger partial charge on any atom is 0.273 e. The first-order valence-corrected chi connectivity index (χ1v) is 9.41. The van der Waals surface area contributed by atoms with Crippen molar-refractivity contribution in [2.75, 3.05) is 18.0 Å². The first kappa shape index (κ1) is 15.5. The molecule has 1 aliphatic carbocycles. The third kappa shape index (κ3) is 3.13. The standard InChI is InChI=1S/C17H21N5OS/c1-12-8-16(19-10-18-12)22(13-2-3-13)14-4-6-21(7-5-14)17(23)15-9-24-11-20-15/h8-11,13-14H,2-7H2,1H3. The van der Waals surface area contributed by atoms with E-state index in [1.165, 1.54) is 24.2 Å². The Labute approximate surface area is 145 Å². The molecule has 2 aromatic heterocycles. The molecule has 0 spiro atoms. The number of nitrogens with zero attached hydrogens (tertiary/aromatic N) is 5. The van der Waals surface area contributed by atoms with Crippen molar-refractivity contribution in [2.45, 2.75) is 44.7 Å². The number of amides is 1. The molecule has 0 radical (unpaired) electrons. The number of thiazole rings is 1. The monoisotopic (exact) mass is 343 g/mol. The van der Waals surface area contributed by atoms with Crippen LogP contribution < -0.4 is 4.90 Å². The molecule has 1 saturated heterocycles. The molecule has 2 aliphatic rings. The number of anilines is 1. The molecule has 3 heterocycles. The van der Waals surface area contributed by atoms with Crippen molar-refractivity contribution in [1.29, 1.82) is 0 Å². The molecule has 0 aromatic carbocycles. The van der Waals surface area contributed by atoms with E-state index in [4.69, 9.17) is 0 Å². The minimum absolute atomic E-state index is 0.0607. The number of rotatable bonds is 4. The van der Waals surface area contributed by atoms with E-state index in [-0.39, 0.29) is 5.91 Å². The zero-order valence-electron chi connectivity index (χ0n) is 13.8. The van der Waals surface area contributed by atoms with Crippen LogP contribution in [0.2, 0.25) is 0 Å². The van der Waals surface area contributed by atoms with Crippen molar-refractivity contribution in [2.24, 2.45) is 0 Å². The van der Waals surface area contributed by atoms with E-state index in [9.17, 15) is 4.79 Å². The summed E-state index contributed by atoms with van der Waals surface area (Å²) in [4.78, 5) is 29.7. The van der Waals surface area contributed by atoms with Crippen molar-refractivity contribution >= 4 is 23.1 Å². The minimum Gasteiger partial charge on any atom is -0.350 e. The Balaban J connectivity index is 1.45. The predicted molar refractivity (Wildman–Crippen MR) is 93.3 cm³/mol. The summed E-state index contributed by atoms with van der Waals surface area (Å²) in [5, 5.41) is 1.83. The van der Waals surface area contributed by atoms with Gasteiger partial charge in [0, 0.05) is 42.3 Å². The fourth-order valence-electron chi connectivity index (χ4n) is 3.43. The molecule has 0 N–H and O–H groups in total. The minimum atomic E-state index is 0.0607. The maximum absolute atomic E-state index is 12.4. The van der Waals surface area contributed by atoms with Crippen LogP contribution in [0.5, 0.6) is 0 Å². The van der Waals surface area contributed by atoms with Gasteiger partial charge in [-0.2, -0.15) is 0 Å². The highest BCUT2D eigenvalue weighted by atomic mass is 32.1. The summed E-state index contributed by atoms with van der Waals surface area (Å²) in [6.45, 7) is 3.58. The summed E-state index contributed by atoms with van der Waals surface area (Å²) >= 11 is 1.47. The van der Waals surface area contributed by atoms with Crippen LogP contribution in [0.15, 0.2) is 23.3 Å². The van der Waals surface area contributed by atoms with Gasteiger partial charge in [0.15, 0.2) is 0 Å². The summed E-state index contributed by atoms with van der Waals surface area (Å²) < 4.78 is 0. The van der Waals surface area contributed by atoms with Crippen LogP contribution >= 0.6 is 11.3 Å². The molecule has 2 aromatic rings. The highest BCUT2D eigenvalue weighted by Gasteiger charge is 2.37. The van der Waals surface area contributed by atoms with Gasteiger partial charge in [-0.25, -0.2) is 15.0 Å². The van der Waals surface area contributed by atoms with Gasteiger partial charge in [-0.3, -0.25) is 4.79 Å². The molecule has 2 fully saturated rings. The highest BCUT2D eigenvalue weighted by Crippen LogP contribution is 2.35. The summed E-state index contributed by atoms with van der Waals surface area (Å²) in [5.41, 5.74) is 3.29. The van der Waals surface area contributed by atoms with Gasteiger partial charge >= 0.3 is 0 Å². The Bertz CT molecular complexity index is 708. The SMILES string of the molecule is Cc1cc(N(C2CC2)C2CCN(C(=O)c3cscn3)CC2)ncn1. The number of hydrogen-bond donors (Lipinski definition) is 0. The Morgan fingerprint density at radius 2 is 1.92 bits per heavy atom. The van der Waals surface area contributed by atoms with Crippen LogP contribution in [-0.4, -0.2) is 50.9 Å². The zero-order valence-corrected chi connectivity index (χ0v) is 14.6. The van der Waals surface area contributed by atoms with E-state index in [2.05, 4.69) is 25.9 Å². The fourth-order valence-corrected chi connectivity index (χ4v) is 3.96. The molecule has 6 nitrogen and oxygen atoms in total. The second-order valence-corrected chi connectivity index (χ2v) is 7.27. The largest absolute Gasteiger partial charge is 0.350 e. The fraction of sp³-hybridized carbons (Fsp3) is 0.529. The lowest BCUT2D eigenvalue weighted by molar-refractivity contribution is 0.0706. The summed E-state index contributed by atoms with van der Waals surface area (Å²) in [7, 11) is 0. The molecule has 1 amide bonds. The van der Waals surface area contributed by atoms with Crippen LogP contribution in [-0.2, 0) is 0 Å². The molecule has 0 unspecified atom stereocenters. The van der Waals surface area contributed by atoms with Crippen LogP contribution in [0, 0.1) is 6.92 Å². The van der Waals surface area contributed by atoms with Gasteiger partial charge in [-0.05, 0) is 32.6 Å². The Morgan fingerprint density at radius 1 is 1.17 bits per heavy atom. The molecule has 1 saturated carbocycles. The first-order chi connectivity index (χ1) is 11.7. The van der Waals surface area contributed by atoms with Gasteiger partial charge < -0.3 is 9.80 Å². The molecule has 7 heteroatoms. The van der Waals surface area contributed by atoms with Crippen molar-refractivity contribution < 1.29 is 4.79 Å². The number of piperidine rings is 1. The van der Waals surface area contributed by atoms with Crippen LogP contribution in [0.4, 0.5) is 5.82 Å². The second kappa shape index (κ2) is 6.47. The van der Waals surface area contributed by atoms with Gasteiger partial charge in [0.2, 0.25) is 0 Å². The maximum atomic E-state index is 12.4. The number of hydrogen-bond acceptors (Lipinski definition) is 6. The van der Waals surface area contributed by atoms with Gasteiger partial charge in [0.25, 0.3) is 5.91 Å². The highest BCUT2D eigenvalue weighted by molar-refractivity contribution is 7.07. The van der Waals surface area contributed by atoms with E-state index in [1.54, 1.807) is 11.8 Å². The molecule has 1 aliphatic heterocycles. The van der Waals surface area contributed by atoms with E-state index in [0.29, 0.717) is 17.8 Å². The lowest BCUT2D eigenvalue weighted by Gasteiger charge is -2.39. The molecular weight excluding hydrogens is 322 g/mol. The Kier molecular flexibility index (Phi) is 4.18. The van der Waals surface area contributed by atoms with Gasteiger partial charge in [0.1, 0.15) is 17.8 Å². The average Bonchev–Trinajstić information content (AvgIpc) is 3.27. The lowest BCUT2D eigenvalue weighted by atomic mass is 10.0. The topological polar surface area (TPSA) is 62.2 Å². The number of likely N-dealkylation sites (tertiary alicyclic amines) is 1. The van der Waals surface area contributed by atoms with Gasteiger partial charge in [-0.15, -0.1) is 11.3 Å². The van der Waals surface area contributed by atoms with Crippen molar-refractivity contribution in [1.82, 2.24) is 19.9 Å². The molecule has 24 heavy (non-hydrogen) atoms. The third-order valence-electron chi connectivity index (χ3n) is 4.79. The zero-order chi connectivity index (χ0) is 16.5. The molecule has 0 atom stereocenters. The summed E-state index contributed by atoms with van der Waals surface area (Å²) in [6.07, 6.45) is 6.09. The molecular formula is C17H21N5OS. The van der Waals surface area contributed by atoms with Gasteiger partial charge in [0.05, 0.1) is 5.51 Å². The molecule has 4 rings (SSSR count). The lowest BCUT2D eigenvalue weighted by Crippen LogP contribution is -2.48. The number of carbonyl (C=O) groups excluding carboxylic acids is 1. The third-order valence-corrected chi connectivity index (χ3v) is 5.38. The van der Waals surface area contributed by atoms with E-state index < -0.39 is 0 Å². The Morgan fingerprint density at radius 3 is 2.54 bits per heavy atom. The average molecular weight is 343 g/mol. The van der Waals surface area contributed by atoms with Crippen molar-refractivity contribution in [3.05, 3.63) is 34.7 Å². The second-order valence-electron chi connectivity index (χ2n) is 6.55. The summed E-state index contributed by atoms with van der Waals surface area (Å²) in [5.74, 6) is 1.10. The number of aryl methyl sites for hydroxylation is 1. The smallest absolute Gasteiger partial charge is 0.273 e. The van der Waals surface area contributed by atoms with Crippen LogP contribution in [0.3, 0.4) is 0 Å². The van der Waals surface area contributed by atoms with E-state index in [0.717, 1.165) is 37.4 Å². The number of carbonyl (C=O) groups is 1. The molecule has 0 bridgehead atoms. The van der Waals surface area contributed by atoms with Crippen molar-refractivity contribution in [3.8, 4) is 0 Å². The summed E-state index contributed by atoms with van der Waals surface area (Å²) in [6, 6.07) is 3.13. The Hall–Kier alpha value is -2.02. The van der Waals surface area contributed by atoms with Crippen LogP contribution in [0.25, 0.3) is 0 Å². The number of aromatic nitrogens is 3. The van der Waals surface area contributed by atoms with Gasteiger partial charge in [-0.1, -0.05) is 0 Å². The normalized spacial score (nSPS) is 18.6.